The lowest BCUT2D eigenvalue weighted by atomic mass is 10.2. The number of hydrogen-bond acceptors (Lipinski definition) is 1. The zero-order valence-electron chi connectivity index (χ0n) is 8.79. The van der Waals surface area contributed by atoms with Crippen LogP contribution >= 0.6 is 0 Å². The molecule has 1 aromatic carbocycles. The second kappa shape index (κ2) is 4.99. The molecule has 1 aromatic rings. The third kappa shape index (κ3) is 3.78. The number of benzene rings is 1. The molecular formula is C12H16OSi. The molecule has 0 saturated heterocycles. The fourth-order valence-corrected chi connectivity index (χ4v) is 3.17. The van der Waals surface area contributed by atoms with E-state index >= 15 is 0 Å². The molecule has 1 rings (SSSR count). The summed E-state index contributed by atoms with van der Waals surface area (Å²) in [6, 6.07) is 11.4. The van der Waals surface area contributed by atoms with Crippen LogP contribution in [0.25, 0.3) is 0 Å². The summed E-state index contributed by atoms with van der Waals surface area (Å²) in [5.74, 6) is 2.52. The minimum Gasteiger partial charge on any atom is -0.406 e. The van der Waals surface area contributed by atoms with Crippen molar-refractivity contribution in [2.24, 2.45) is 0 Å². The zero-order chi connectivity index (χ0) is 10.4. The first-order valence-corrected chi connectivity index (χ1v) is 7.87. The first kappa shape index (κ1) is 11.0. The quantitative estimate of drug-likeness (QED) is 0.541. The molecule has 0 saturated carbocycles. The van der Waals surface area contributed by atoms with Gasteiger partial charge in [0.2, 0.25) is 0 Å². The van der Waals surface area contributed by atoms with Gasteiger partial charge in [-0.2, -0.15) is 0 Å². The molecule has 14 heavy (non-hydrogen) atoms. The standard InChI is InChI=1S/C12H16OSi/c1-4-10-13-14(2,3)11-12-8-6-5-7-9-12/h1,5-9H,10-11H2,2-3H3. The predicted molar refractivity (Wildman–Crippen MR) is 62.4 cm³/mol. The molecule has 0 bridgehead atoms. The summed E-state index contributed by atoms with van der Waals surface area (Å²) in [5, 5.41) is 0. The fraction of sp³-hybridized carbons (Fsp3) is 0.333. The summed E-state index contributed by atoms with van der Waals surface area (Å²) in [5.41, 5.74) is 1.33. The molecule has 0 spiro atoms. The second-order valence-electron chi connectivity index (χ2n) is 3.91. The van der Waals surface area contributed by atoms with Crippen LogP contribution in [0.15, 0.2) is 30.3 Å². The molecule has 0 atom stereocenters. The minimum absolute atomic E-state index is 0.437. The molecule has 0 heterocycles. The Balaban J connectivity index is 2.55. The molecule has 2 heteroatoms. The Morgan fingerprint density at radius 2 is 1.93 bits per heavy atom. The van der Waals surface area contributed by atoms with Gasteiger partial charge in [-0.3, -0.25) is 0 Å². The van der Waals surface area contributed by atoms with Crippen LogP contribution < -0.4 is 0 Å². The van der Waals surface area contributed by atoms with Gasteiger partial charge < -0.3 is 4.43 Å². The largest absolute Gasteiger partial charge is 0.406 e. The molecule has 0 aliphatic rings. The number of hydrogen-bond donors (Lipinski definition) is 0. The lowest BCUT2D eigenvalue weighted by Gasteiger charge is -2.21. The van der Waals surface area contributed by atoms with Crippen LogP contribution in [0.1, 0.15) is 5.56 Å². The van der Waals surface area contributed by atoms with E-state index < -0.39 is 8.32 Å². The predicted octanol–water partition coefficient (Wildman–Crippen LogP) is 2.62. The lowest BCUT2D eigenvalue weighted by Crippen LogP contribution is -2.33. The minimum atomic E-state index is -1.61. The van der Waals surface area contributed by atoms with Gasteiger partial charge >= 0.3 is 0 Å². The SMILES string of the molecule is C#CCO[Si](C)(C)Cc1ccccc1. The van der Waals surface area contributed by atoms with E-state index in [2.05, 4.69) is 43.3 Å². The number of rotatable bonds is 4. The average Bonchev–Trinajstić information content (AvgIpc) is 2.16. The fourth-order valence-electron chi connectivity index (χ4n) is 1.38. The van der Waals surface area contributed by atoms with Crippen LogP contribution in [-0.4, -0.2) is 14.9 Å². The maximum atomic E-state index is 5.69. The van der Waals surface area contributed by atoms with Crippen LogP contribution in [0.2, 0.25) is 13.1 Å². The van der Waals surface area contributed by atoms with E-state index in [4.69, 9.17) is 10.8 Å². The van der Waals surface area contributed by atoms with Crippen molar-refractivity contribution in [3.05, 3.63) is 35.9 Å². The highest BCUT2D eigenvalue weighted by Gasteiger charge is 2.22. The maximum absolute atomic E-state index is 5.69. The van der Waals surface area contributed by atoms with Crippen molar-refractivity contribution in [3.8, 4) is 12.3 Å². The van der Waals surface area contributed by atoms with Gasteiger partial charge in [0.15, 0.2) is 8.32 Å². The summed E-state index contributed by atoms with van der Waals surface area (Å²) in [6.07, 6.45) is 5.18. The van der Waals surface area contributed by atoms with Crippen LogP contribution in [0.4, 0.5) is 0 Å². The van der Waals surface area contributed by atoms with Crippen molar-refractivity contribution in [2.45, 2.75) is 19.1 Å². The molecule has 74 valence electrons. The van der Waals surface area contributed by atoms with Gasteiger partial charge in [-0.25, -0.2) is 0 Å². The Kier molecular flexibility index (Phi) is 3.93. The molecule has 0 aliphatic heterocycles. The highest BCUT2D eigenvalue weighted by atomic mass is 28.4. The highest BCUT2D eigenvalue weighted by Crippen LogP contribution is 2.12. The molecule has 0 amide bonds. The van der Waals surface area contributed by atoms with Crippen LogP contribution in [0.3, 0.4) is 0 Å². The van der Waals surface area contributed by atoms with Crippen molar-refractivity contribution in [2.75, 3.05) is 6.61 Å². The van der Waals surface area contributed by atoms with E-state index in [1.165, 1.54) is 5.56 Å². The Morgan fingerprint density at radius 3 is 2.50 bits per heavy atom. The molecule has 1 nitrogen and oxygen atoms in total. The summed E-state index contributed by atoms with van der Waals surface area (Å²) >= 11 is 0. The highest BCUT2D eigenvalue weighted by molar-refractivity contribution is 6.70. The molecule has 0 fully saturated rings. The van der Waals surface area contributed by atoms with E-state index in [0.717, 1.165) is 6.04 Å². The summed E-state index contributed by atoms with van der Waals surface area (Å²) in [4.78, 5) is 0. The lowest BCUT2D eigenvalue weighted by molar-refractivity contribution is 0.359. The third-order valence-corrected chi connectivity index (χ3v) is 4.20. The van der Waals surface area contributed by atoms with E-state index in [-0.39, 0.29) is 0 Å². The molecule has 0 N–H and O–H groups in total. The summed E-state index contributed by atoms with van der Waals surface area (Å²) in [6.45, 7) is 4.82. The summed E-state index contributed by atoms with van der Waals surface area (Å²) < 4.78 is 5.69. The van der Waals surface area contributed by atoms with E-state index in [0.29, 0.717) is 6.61 Å². The molecular weight excluding hydrogens is 188 g/mol. The van der Waals surface area contributed by atoms with Crippen molar-refractivity contribution >= 4 is 8.32 Å². The van der Waals surface area contributed by atoms with Crippen LogP contribution in [0.5, 0.6) is 0 Å². The first-order valence-electron chi connectivity index (χ1n) is 4.75. The van der Waals surface area contributed by atoms with Gasteiger partial charge in [-0.1, -0.05) is 36.3 Å². The van der Waals surface area contributed by atoms with Crippen molar-refractivity contribution < 1.29 is 4.43 Å². The van der Waals surface area contributed by atoms with Crippen LogP contribution in [-0.2, 0) is 10.5 Å². The number of terminal acetylenes is 1. The van der Waals surface area contributed by atoms with Crippen molar-refractivity contribution in [1.29, 1.82) is 0 Å². The Bertz CT molecular complexity index is 311. The van der Waals surface area contributed by atoms with Crippen LogP contribution in [0, 0.1) is 12.3 Å². The van der Waals surface area contributed by atoms with Gasteiger partial charge in [-0.15, -0.1) is 6.42 Å². The van der Waals surface area contributed by atoms with Gasteiger partial charge in [0.05, 0.1) is 6.61 Å². The van der Waals surface area contributed by atoms with Crippen molar-refractivity contribution in [1.82, 2.24) is 0 Å². The van der Waals surface area contributed by atoms with E-state index in [1.807, 2.05) is 6.07 Å². The van der Waals surface area contributed by atoms with Gasteiger partial charge in [0, 0.05) is 0 Å². The molecule has 0 unspecified atom stereocenters. The Morgan fingerprint density at radius 1 is 1.29 bits per heavy atom. The second-order valence-corrected chi connectivity index (χ2v) is 8.08. The maximum Gasteiger partial charge on any atom is 0.192 e. The molecule has 0 aliphatic carbocycles. The van der Waals surface area contributed by atoms with E-state index in [1.54, 1.807) is 0 Å². The Hall–Kier alpha value is -1.04. The van der Waals surface area contributed by atoms with Gasteiger partial charge in [0.1, 0.15) is 0 Å². The summed E-state index contributed by atoms with van der Waals surface area (Å²) in [7, 11) is -1.61. The third-order valence-electron chi connectivity index (χ3n) is 2.02. The first-order chi connectivity index (χ1) is 6.64. The van der Waals surface area contributed by atoms with E-state index in [9.17, 15) is 0 Å². The van der Waals surface area contributed by atoms with Gasteiger partial charge in [0.25, 0.3) is 0 Å². The smallest absolute Gasteiger partial charge is 0.192 e. The van der Waals surface area contributed by atoms with Gasteiger partial charge in [-0.05, 0) is 24.7 Å². The normalized spacial score (nSPS) is 10.9. The topological polar surface area (TPSA) is 9.23 Å². The zero-order valence-corrected chi connectivity index (χ0v) is 9.79. The average molecular weight is 204 g/mol. The molecule has 0 aromatic heterocycles. The van der Waals surface area contributed by atoms with Crippen molar-refractivity contribution in [3.63, 3.8) is 0 Å². The Labute approximate surface area is 87.2 Å². The molecule has 0 radical (unpaired) electrons. The monoisotopic (exact) mass is 204 g/mol.